The standard InChI is InChI=1S/C31H37N5O6S/c1-4-5-6-7-8-9-28-34-35-29(32)26(30(37)33-31(35)43-28)20-23-19-24(36(38)39)11-13-27(23)42-17-15-40-14-16-41-25-12-10-21(2)22(3)18-25/h10-13,18-20,32H,4-9,14-17H2,1-3H3/b26-20+,32-29?. The van der Waals surface area contributed by atoms with Gasteiger partial charge in [-0.3, -0.25) is 20.3 Å². The summed E-state index contributed by atoms with van der Waals surface area (Å²) in [5, 5.41) is 27.2. The lowest BCUT2D eigenvalue weighted by Gasteiger charge is -2.20. The molecule has 1 amide bonds. The molecule has 43 heavy (non-hydrogen) atoms. The average Bonchev–Trinajstić information content (AvgIpc) is 3.39. The first-order valence-electron chi connectivity index (χ1n) is 14.4. The van der Waals surface area contributed by atoms with Crippen molar-refractivity contribution in [1.29, 1.82) is 5.41 Å². The fourth-order valence-electron chi connectivity index (χ4n) is 4.40. The number of non-ortho nitro benzene ring substituents is 1. The number of hydrogen-bond acceptors (Lipinski definition) is 9. The highest BCUT2D eigenvalue weighted by Gasteiger charge is 2.35. The van der Waals surface area contributed by atoms with Gasteiger partial charge >= 0.3 is 0 Å². The SMILES string of the molecule is CCCCCCCC1=NN2C(=N)/C(=C\c3cc([N+](=O)[O-])ccc3OCCOCCOc3ccc(C)c(C)c3)C(=O)N=C2S1. The van der Waals surface area contributed by atoms with E-state index in [1.165, 1.54) is 65.9 Å². The number of benzene rings is 2. The molecule has 0 radical (unpaired) electrons. The lowest BCUT2D eigenvalue weighted by molar-refractivity contribution is -0.384. The van der Waals surface area contributed by atoms with Crippen LogP contribution in [0.3, 0.4) is 0 Å². The monoisotopic (exact) mass is 607 g/mol. The van der Waals surface area contributed by atoms with Crippen molar-refractivity contribution in [2.24, 2.45) is 10.1 Å². The van der Waals surface area contributed by atoms with Crippen LogP contribution >= 0.6 is 11.8 Å². The number of aliphatic imine (C=N–C) groups is 1. The Balaban J connectivity index is 1.36. The zero-order valence-electron chi connectivity index (χ0n) is 24.8. The number of aryl methyl sites for hydroxylation is 2. The average molecular weight is 608 g/mol. The summed E-state index contributed by atoms with van der Waals surface area (Å²) in [4.78, 5) is 28.0. The molecule has 0 spiro atoms. The number of nitrogens with zero attached hydrogens (tertiary/aromatic N) is 4. The molecule has 2 aliphatic rings. The Bertz CT molecular complexity index is 1450. The highest BCUT2D eigenvalue weighted by atomic mass is 32.2. The molecule has 11 nitrogen and oxygen atoms in total. The first-order valence-corrected chi connectivity index (χ1v) is 15.3. The normalized spacial score (nSPS) is 15.4. The van der Waals surface area contributed by atoms with Crippen molar-refractivity contribution < 1.29 is 23.9 Å². The smallest absolute Gasteiger partial charge is 0.283 e. The molecule has 0 bridgehead atoms. The minimum Gasteiger partial charge on any atom is -0.491 e. The third-order valence-corrected chi connectivity index (χ3v) is 7.92. The third-order valence-electron chi connectivity index (χ3n) is 6.95. The molecule has 0 unspecified atom stereocenters. The number of hydrogen-bond donors (Lipinski definition) is 1. The van der Waals surface area contributed by atoms with Crippen molar-refractivity contribution in [3.8, 4) is 11.5 Å². The highest BCUT2D eigenvalue weighted by Crippen LogP contribution is 2.32. The molecule has 2 aromatic carbocycles. The number of hydrazone groups is 1. The molecule has 2 aromatic rings. The van der Waals surface area contributed by atoms with Gasteiger partial charge in [0.25, 0.3) is 11.6 Å². The molecular weight excluding hydrogens is 570 g/mol. The van der Waals surface area contributed by atoms with E-state index in [9.17, 15) is 14.9 Å². The van der Waals surface area contributed by atoms with Crippen LogP contribution in [-0.2, 0) is 9.53 Å². The fourth-order valence-corrected chi connectivity index (χ4v) is 5.32. The predicted octanol–water partition coefficient (Wildman–Crippen LogP) is 6.67. The van der Waals surface area contributed by atoms with E-state index in [0.717, 1.165) is 35.6 Å². The van der Waals surface area contributed by atoms with Crippen molar-refractivity contribution in [2.45, 2.75) is 59.3 Å². The van der Waals surface area contributed by atoms with Gasteiger partial charge in [-0.25, -0.2) is 0 Å². The second kappa shape index (κ2) is 15.4. The zero-order valence-corrected chi connectivity index (χ0v) is 25.6. The van der Waals surface area contributed by atoms with Gasteiger partial charge in [-0.05, 0) is 73.9 Å². The number of thioether (sulfide) groups is 1. The Morgan fingerprint density at radius 2 is 1.77 bits per heavy atom. The summed E-state index contributed by atoms with van der Waals surface area (Å²) in [6.07, 6.45) is 7.77. The highest BCUT2D eigenvalue weighted by molar-refractivity contribution is 8.26. The maximum Gasteiger partial charge on any atom is 0.283 e. The van der Waals surface area contributed by atoms with Crippen LogP contribution in [0.4, 0.5) is 5.69 Å². The molecule has 4 rings (SSSR count). The van der Waals surface area contributed by atoms with Gasteiger partial charge in [0.1, 0.15) is 29.8 Å². The Labute approximate surface area is 255 Å². The third kappa shape index (κ3) is 8.74. The maximum atomic E-state index is 12.9. The van der Waals surface area contributed by atoms with Gasteiger partial charge in [-0.15, -0.1) is 0 Å². The Morgan fingerprint density at radius 1 is 1.00 bits per heavy atom. The topological polar surface area (TPSA) is 140 Å². The summed E-state index contributed by atoms with van der Waals surface area (Å²) in [7, 11) is 0. The Morgan fingerprint density at radius 3 is 2.51 bits per heavy atom. The number of fused-ring (bicyclic) bond motifs is 1. The van der Waals surface area contributed by atoms with Crippen molar-refractivity contribution in [3.05, 3.63) is 68.8 Å². The molecule has 0 atom stereocenters. The summed E-state index contributed by atoms with van der Waals surface area (Å²) >= 11 is 1.30. The van der Waals surface area contributed by atoms with Gasteiger partial charge in [-0.1, -0.05) is 38.7 Å². The minimum atomic E-state index is -0.604. The number of nitro groups is 1. The summed E-state index contributed by atoms with van der Waals surface area (Å²) < 4.78 is 17.2. The second-order valence-corrected chi connectivity index (χ2v) is 11.3. The lowest BCUT2D eigenvalue weighted by Crippen LogP contribution is -2.35. The van der Waals surface area contributed by atoms with Crippen molar-refractivity contribution in [1.82, 2.24) is 5.01 Å². The van der Waals surface area contributed by atoms with Crippen molar-refractivity contribution in [3.63, 3.8) is 0 Å². The molecule has 0 saturated heterocycles. The maximum absolute atomic E-state index is 12.9. The number of carbonyl (C=O) groups excluding carboxylic acids is 1. The largest absolute Gasteiger partial charge is 0.491 e. The Kier molecular flexibility index (Phi) is 11.5. The number of nitrogens with one attached hydrogen (secondary N) is 1. The zero-order chi connectivity index (χ0) is 30.8. The quantitative estimate of drug-likeness (QED) is 0.0966. The van der Waals surface area contributed by atoms with E-state index >= 15 is 0 Å². The summed E-state index contributed by atoms with van der Waals surface area (Å²) in [6.45, 7) is 7.40. The summed E-state index contributed by atoms with van der Waals surface area (Å²) in [5.41, 5.74) is 2.44. The van der Waals surface area contributed by atoms with E-state index in [4.69, 9.17) is 19.6 Å². The number of nitro benzene ring substituents is 1. The molecule has 2 aliphatic heterocycles. The number of ether oxygens (including phenoxy) is 3. The molecule has 0 aromatic heterocycles. The number of carbonyl (C=O) groups is 1. The second-order valence-electron chi connectivity index (χ2n) is 10.2. The number of amidine groups is 2. The van der Waals surface area contributed by atoms with Gasteiger partial charge in [-0.2, -0.15) is 15.1 Å². The van der Waals surface area contributed by atoms with Crippen LogP contribution in [0.15, 0.2) is 52.1 Å². The molecule has 2 heterocycles. The Hall–Kier alpha value is -4.03. The molecule has 0 fully saturated rings. The van der Waals surface area contributed by atoms with Crippen LogP contribution in [0.25, 0.3) is 6.08 Å². The minimum absolute atomic E-state index is 0.0256. The van der Waals surface area contributed by atoms with E-state index in [1.54, 1.807) is 0 Å². The fraction of sp³-hybridized carbons (Fsp3) is 0.419. The number of unbranched alkanes of at least 4 members (excludes halogenated alkanes) is 4. The van der Waals surface area contributed by atoms with Crippen molar-refractivity contribution >= 4 is 45.5 Å². The summed E-state index contributed by atoms with van der Waals surface area (Å²) in [6, 6.07) is 10.0. The molecule has 0 saturated carbocycles. The van der Waals surface area contributed by atoms with Crippen LogP contribution in [0.2, 0.25) is 0 Å². The van der Waals surface area contributed by atoms with Crippen LogP contribution < -0.4 is 9.47 Å². The predicted molar refractivity (Wildman–Crippen MR) is 169 cm³/mol. The van der Waals surface area contributed by atoms with E-state index in [1.807, 2.05) is 32.0 Å². The number of amides is 1. The van der Waals surface area contributed by atoms with E-state index in [-0.39, 0.29) is 35.9 Å². The molecule has 12 heteroatoms. The van der Waals surface area contributed by atoms with Gasteiger partial charge in [0.15, 0.2) is 5.84 Å². The van der Waals surface area contributed by atoms with Crippen LogP contribution in [0.1, 0.15) is 62.1 Å². The first kappa shape index (κ1) is 31.9. The molecule has 1 N–H and O–H groups in total. The molecule has 228 valence electrons. The van der Waals surface area contributed by atoms with Gasteiger partial charge in [0.05, 0.1) is 23.7 Å². The summed E-state index contributed by atoms with van der Waals surface area (Å²) in [5.74, 6) is 0.360. The first-order chi connectivity index (χ1) is 20.8. The molecule has 0 aliphatic carbocycles. The van der Waals surface area contributed by atoms with Gasteiger partial charge < -0.3 is 14.2 Å². The number of rotatable bonds is 16. The van der Waals surface area contributed by atoms with Gasteiger partial charge in [0, 0.05) is 17.7 Å². The van der Waals surface area contributed by atoms with E-state index in [0.29, 0.717) is 24.1 Å². The lowest BCUT2D eigenvalue weighted by atomic mass is 10.1. The molecular formula is C31H37N5O6S. The van der Waals surface area contributed by atoms with Crippen LogP contribution in [-0.4, -0.2) is 58.3 Å². The van der Waals surface area contributed by atoms with Crippen LogP contribution in [0, 0.1) is 29.4 Å². The van der Waals surface area contributed by atoms with Crippen LogP contribution in [0.5, 0.6) is 11.5 Å². The van der Waals surface area contributed by atoms with Gasteiger partial charge in [0.2, 0.25) is 5.17 Å². The van der Waals surface area contributed by atoms with E-state index < -0.39 is 10.8 Å². The van der Waals surface area contributed by atoms with Crippen molar-refractivity contribution in [2.75, 3.05) is 26.4 Å². The van der Waals surface area contributed by atoms with E-state index in [2.05, 4.69) is 17.0 Å².